The fourth-order valence-corrected chi connectivity index (χ4v) is 2.17. The van der Waals surface area contributed by atoms with Crippen molar-refractivity contribution in [3.05, 3.63) is 55.4 Å². The summed E-state index contributed by atoms with van der Waals surface area (Å²) in [5, 5.41) is 9.89. The molecule has 2 aromatic carbocycles. The summed E-state index contributed by atoms with van der Waals surface area (Å²) in [4.78, 5) is 0. The molecule has 21 heavy (non-hydrogen) atoms. The molecule has 0 aromatic heterocycles. The Bertz CT molecular complexity index is 594. The third-order valence-electron chi connectivity index (χ3n) is 2.13. The first-order valence-corrected chi connectivity index (χ1v) is 7.99. The van der Waals surface area contributed by atoms with E-state index in [4.69, 9.17) is 37.8 Å². The van der Waals surface area contributed by atoms with Crippen molar-refractivity contribution in [2.24, 2.45) is 0 Å². The van der Waals surface area contributed by atoms with E-state index in [-0.39, 0.29) is 12.5 Å². The second-order valence-electron chi connectivity index (χ2n) is 3.72. The molecule has 0 spiro atoms. The van der Waals surface area contributed by atoms with Gasteiger partial charge >= 0.3 is 0 Å². The molecule has 0 aliphatic rings. The van der Waals surface area contributed by atoms with Crippen molar-refractivity contribution in [1.29, 1.82) is 0 Å². The summed E-state index contributed by atoms with van der Waals surface area (Å²) in [5.74, 6) is 0.721. The zero-order chi connectivity index (χ0) is 15.8. The van der Waals surface area contributed by atoms with Crippen LogP contribution in [0.15, 0.2) is 45.3 Å². The van der Waals surface area contributed by atoms with Gasteiger partial charge in [-0.05, 0) is 36.4 Å². The quantitative estimate of drug-likeness (QED) is 0.582. The van der Waals surface area contributed by atoms with Crippen molar-refractivity contribution in [3.63, 3.8) is 0 Å². The van der Waals surface area contributed by atoms with Gasteiger partial charge in [0.15, 0.2) is 6.79 Å². The molecular formula is C14H12Br2Cl2O3. The lowest BCUT2D eigenvalue weighted by Crippen LogP contribution is -1.98. The van der Waals surface area contributed by atoms with Crippen LogP contribution in [-0.2, 0) is 4.74 Å². The van der Waals surface area contributed by atoms with Crippen LogP contribution in [0, 0.1) is 0 Å². The summed E-state index contributed by atoms with van der Waals surface area (Å²) in [7, 11) is 1.56. The normalized spacial score (nSPS) is 9.76. The van der Waals surface area contributed by atoms with Gasteiger partial charge < -0.3 is 14.6 Å². The largest absolute Gasteiger partial charge is 0.506 e. The maximum absolute atomic E-state index is 8.94. The first kappa shape index (κ1) is 18.6. The molecule has 1 N–H and O–H groups in total. The SMILES string of the molecule is COCOc1cc(Br)ccc1Cl.Oc1cc(Br)ccc1Cl. The highest BCUT2D eigenvalue weighted by molar-refractivity contribution is 9.10. The summed E-state index contributed by atoms with van der Waals surface area (Å²) >= 11 is 17.8. The highest BCUT2D eigenvalue weighted by Gasteiger charge is 2.00. The number of methoxy groups -OCH3 is 1. The number of hydrogen-bond donors (Lipinski definition) is 1. The van der Waals surface area contributed by atoms with Crippen molar-refractivity contribution in [2.75, 3.05) is 13.9 Å². The van der Waals surface area contributed by atoms with Crippen LogP contribution in [0.3, 0.4) is 0 Å². The lowest BCUT2D eigenvalue weighted by atomic mass is 10.3. The number of halogens is 4. The number of aromatic hydroxyl groups is 1. The monoisotopic (exact) mass is 456 g/mol. The van der Waals surface area contributed by atoms with Crippen LogP contribution in [0.2, 0.25) is 10.0 Å². The predicted octanol–water partition coefficient (Wildman–Crippen LogP) is 5.89. The number of phenolic OH excluding ortho intramolecular Hbond substituents is 1. The molecule has 0 unspecified atom stereocenters. The number of hydrogen-bond acceptors (Lipinski definition) is 3. The van der Waals surface area contributed by atoms with Gasteiger partial charge in [-0.15, -0.1) is 0 Å². The molecule has 0 bridgehead atoms. The van der Waals surface area contributed by atoms with Gasteiger partial charge in [0.2, 0.25) is 0 Å². The Balaban J connectivity index is 0.000000219. The average molecular weight is 459 g/mol. The highest BCUT2D eigenvalue weighted by Crippen LogP contribution is 2.27. The van der Waals surface area contributed by atoms with Crippen molar-refractivity contribution in [2.45, 2.75) is 0 Å². The van der Waals surface area contributed by atoms with E-state index in [1.807, 2.05) is 6.07 Å². The maximum Gasteiger partial charge on any atom is 0.188 e. The van der Waals surface area contributed by atoms with E-state index < -0.39 is 0 Å². The van der Waals surface area contributed by atoms with Crippen molar-refractivity contribution in [3.8, 4) is 11.5 Å². The minimum absolute atomic E-state index is 0.103. The van der Waals surface area contributed by atoms with Gasteiger partial charge in [-0.3, -0.25) is 0 Å². The lowest BCUT2D eigenvalue weighted by molar-refractivity contribution is 0.0511. The van der Waals surface area contributed by atoms with E-state index in [0.29, 0.717) is 15.8 Å². The Hall–Kier alpha value is -0.460. The van der Waals surface area contributed by atoms with Crippen LogP contribution in [-0.4, -0.2) is 19.0 Å². The molecular weight excluding hydrogens is 447 g/mol. The van der Waals surface area contributed by atoms with Crippen LogP contribution in [0.1, 0.15) is 0 Å². The average Bonchev–Trinajstić information content (AvgIpc) is 2.45. The zero-order valence-electron chi connectivity index (χ0n) is 10.9. The second kappa shape index (κ2) is 9.54. The van der Waals surface area contributed by atoms with Gasteiger partial charge in [-0.1, -0.05) is 55.1 Å². The second-order valence-corrected chi connectivity index (χ2v) is 6.37. The van der Waals surface area contributed by atoms with Crippen molar-refractivity contribution >= 4 is 55.1 Å². The first-order chi connectivity index (χ1) is 9.93. The standard InChI is InChI=1S/C8H8BrClO2.C6H4BrClO/c1-11-5-12-8-4-6(9)2-3-7(8)10;7-4-1-2-5(8)6(9)3-4/h2-4H,5H2,1H3;1-3,9H. The van der Waals surface area contributed by atoms with Crippen LogP contribution in [0.25, 0.3) is 0 Å². The van der Waals surface area contributed by atoms with Crippen LogP contribution >= 0.6 is 55.1 Å². The summed E-state index contributed by atoms with van der Waals surface area (Å²) in [5.41, 5.74) is 0. The third-order valence-corrected chi connectivity index (χ3v) is 3.75. The summed E-state index contributed by atoms with van der Waals surface area (Å²) in [6.45, 7) is 0.205. The van der Waals surface area contributed by atoms with E-state index in [1.54, 1.807) is 37.4 Å². The number of ether oxygens (including phenoxy) is 2. The molecule has 0 fully saturated rings. The van der Waals surface area contributed by atoms with Crippen LogP contribution in [0.5, 0.6) is 11.5 Å². The fraction of sp³-hybridized carbons (Fsp3) is 0.143. The Kier molecular flexibility index (Phi) is 8.44. The number of rotatable bonds is 3. The van der Waals surface area contributed by atoms with E-state index in [2.05, 4.69) is 31.9 Å². The van der Waals surface area contributed by atoms with Gasteiger partial charge in [0.25, 0.3) is 0 Å². The molecule has 0 aliphatic carbocycles. The molecule has 2 rings (SSSR count). The molecule has 0 amide bonds. The molecule has 7 heteroatoms. The molecule has 3 nitrogen and oxygen atoms in total. The summed E-state index contributed by atoms with van der Waals surface area (Å²) in [6, 6.07) is 10.3. The Labute approximate surface area is 150 Å². The smallest absolute Gasteiger partial charge is 0.188 e. The maximum atomic E-state index is 8.94. The van der Waals surface area contributed by atoms with E-state index in [0.717, 1.165) is 8.95 Å². The summed E-state index contributed by atoms with van der Waals surface area (Å²) in [6.07, 6.45) is 0. The molecule has 0 atom stereocenters. The lowest BCUT2D eigenvalue weighted by Gasteiger charge is -2.06. The van der Waals surface area contributed by atoms with Crippen LogP contribution < -0.4 is 4.74 Å². The molecule has 0 heterocycles. The Morgan fingerprint density at radius 3 is 2.10 bits per heavy atom. The zero-order valence-corrected chi connectivity index (χ0v) is 15.6. The molecule has 0 saturated carbocycles. The predicted molar refractivity (Wildman–Crippen MR) is 92.5 cm³/mol. The molecule has 0 saturated heterocycles. The van der Waals surface area contributed by atoms with Crippen molar-refractivity contribution < 1.29 is 14.6 Å². The number of benzene rings is 2. The Morgan fingerprint density at radius 1 is 1.00 bits per heavy atom. The molecule has 0 aliphatic heterocycles. The van der Waals surface area contributed by atoms with E-state index >= 15 is 0 Å². The van der Waals surface area contributed by atoms with Crippen molar-refractivity contribution in [1.82, 2.24) is 0 Å². The third kappa shape index (κ3) is 6.89. The van der Waals surface area contributed by atoms with Gasteiger partial charge in [-0.25, -0.2) is 0 Å². The van der Waals surface area contributed by atoms with E-state index in [1.165, 1.54) is 0 Å². The van der Waals surface area contributed by atoms with Gasteiger partial charge in [0, 0.05) is 16.1 Å². The fourth-order valence-electron chi connectivity index (χ4n) is 1.20. The Morgan fingerprint density at radius 2 is 1.57 bits per heavy atom. The van der Waals surface area contributed by atoms with E-state index in [9.17, 15) is 0 Å². The topological polar surface area (TPSA) is 38.7 Å². The van der Waals surface area contributed by atoms with Gasteiger partial charge in [-0.2, -0.15) is 0 Å². The molecule has 114 valence electrons. The summed E-state index contributed by atoms with van der Waals surface area (Å²) < 4.78 is 11.7. The molecule has 0 radical (unpaired) electrons. The van der Waals surface area contributed by atoms with Gasteiger partial charge in [0.05, 0.1) is 10.0 Å². The van der Waals surface area contributed by atoms with Crippen LogP contribution in [0.4, 0.5) is 0 Å². The number of phenols is 1. The molecule has 2 aromatic rings. The minimum Gasteiger partial charge on any atom is -0.506 e. The van der Waals surface area contributed by atoms with Gasteiger partial charge in [0.1, 0.15) is 11.5 Å². The highest BCUT2D eigenvalue weighted by atomic mass is 79.9. The first-order valence-electron chi connectivity index (χ1n) is 5.65. The minimum atomic E-state index is 0.103.